The highest BCUT2D eigenvalue weighted by atomic mass is 16.5. The van der Waals surface area contributed by atoms with Crippen molar-refractivity contribution in [1.82, 2.24) is 10.2 Å². The number of nitrogens with one attached hydrogen (secondary N) is 1. The third-order valence-corrected chi connectivity index (χ3v) is 4.85. The van der Waals surface area contributed by atoms with Gasteiger partial charge in [0.1, 0.15) is 0 Å². The summed E-state index contributed by atoms with van der Waals surface area (Å²) in [5, 5.41) is 2.99. The first-order valence-electron chi connectivity index (χ1n) is 9.72. The van der Waals surface area contributed by atoms with E-state index in [4.69, 9.17) is 9.47 Å². The normalized spacial score (nSPS) is 15.5. The van der Waals surface area contributed by atoms with Gasteiger partial charge in [-0.15, -0.1) is 0 Å². The molecule has 1 aromatic carbocycles. The van der Waals surface area contributed by atoms with Crippen LogP contribution in [0.5, 0.6) is 11.5 Å². The molecule has 0 aliphatic carbocycles. The fourth-order valence-corrected chi connectivity index (χ4v) is 3.10. The minimum atomic E-state index is -0.132. The number of hydrogen-bond donors (Lipinski definition) is 1. The minimum Gasteiger partial charge on any atom is -0.493 e. The Balaban J connectivity index is 1.81. The maximum absolute atomic E-state index is 12.4. The van der Waals surface area contributed by atoms with Crippen molar-refractivity contribution in [2.24, 2.45) is 11.3 Å². The Kier molecular flexibility index (Phi) is 7.49. The maximum atomic E-state index is 12.4. The summed E-state index contributed by atoms with van der Waals surface area (Å²) >= 11 is 0. The highest BCUT2D eigenvalue weighted by Gasteiger charge is 2.22. The molecule has 154 valence electrons. The average molecular weight is 389 g/mol. The average Bonchev–Trinajstić information content (AvgIpc) is 2.69. The number of likely N-dealkylation sites (tertiary alicyclic amines) is 1. The molecule has 0 atom stereocenters. The van der Waals surface area contributed by atoms with Gasteiger partial charge in [-0.2, -0.15) is 0 Å². The Morgan fingerprint density at radius 1 is 1.14 bits per heavy atom. The van der Waals surface area contributed by atoms with Gasteiger partial charge in [0.2, 0.25) is 5.91 Å². The molecular formula is C22H32N2O4. The van der Waals surface area contributed by atoms with Gasteiger partial charge in [-0.25, -0.2) is 0 Å². The van der Waals surface area contributed by atoms with E-state index in [1.807, 2.05) is 11.0 Å². The number of nitrogens with zero attached hydrogens (tertiary/aromatic N) is 1. The molecule has 0 bridgehead atoms. The molecule has 1 heterocycles. The molecule has 1 aromatic rings. The van der Waals surface area contributed by atoms with Crippen LogP contribution in [-0.2, 0) is 4.79 Å². The topological polar surface area (TPSA) is 67.9 Å². The van der Waals surface area contributed by atoms with Gasteiger partial charge in [0, 0.05) is 25.2 Å². The molecule has 0 radical (unpaired) electrons. The number of benzene rings is 1. The van der Waals surface area contributed by atoms with Gasteiger partial charge in [-0.3, -0.25) is 9.59 Å². The van der Waals surface area contributed by atoms with E-state index in [1.54, 1.807) is 38.5 Å². The molecule has 1 aliphatic rings. The van der Waals surface area contributed by atoms with Gasteiger partial charge < -0.3 is 19.7 Å². The van der Waals surface area contributed by atoms with Crippen LogP contribution in [0.3, 0.4) is 0 Å². The van der Waals surface area contributed by atoms with Gasteiger partial charge in [0.25, 0.3) is 5.91 Å². The third kappa shape index (κ3) is 6.29. The lowest BCUT2D eigenvalue weighted by atomic mass is 9.95. The molecule has 1 saturated heterocycles. The van der Waals surface area contributed by atoms with Crippen LogP contribution in [0.2, 0.25) is 0 Å². The van der Waals surface area contributed by atoms with E-state index in [-0.39, 0.29) is 17.2 Å². The number of amides is 2. The maximum Gasteiger partial charge on any atom is 0.251 e. The zero-order valence-electron chi connectivity index (χ0n) is 17.6. The van der Waals surface area contributed by atoms with Crippen molar-refractivity contribution < 1.29 is 19.1 Å². The lowest BCUT2D eigenvalue weighted by Crippen LogP contribution is -2.41. The van der Waals surface area contributed by atoms with E-state index in [9.17, 15) is 9.59 Å². The first kappa shape index (κ1) is 21.8. The third-order valence-electron chi connectivity index (χ3n) is 4.85. The van der Waals surface area contributed by atoms with Crippen molar-refractivity contribution in [1.29, 1.82) is 0 Å². The van der Waals surface area contributed by atoms with E-state index in [1.165, 1.54) is 0 Å². The Morgan fingerprint density at radius 3 is 2.36 bits per heavy atom. The first-order chi connectivity index (χ1) is 13.2. The Hall–Kier alpha value is -2.50. The molecular weight excluding hydrogens is 356 g/mol. The number of rotatable bonds is 6. The highest BCUT2D eigenvalue weighted by Crippen LogP contribution is 2.27. The predicted octanol–water partition coefficient (Wildman–Crippen LogP) is 3.27. The van der Waals surface area contributed by atoms with E-state index < -0.39 is 0 Å². The summed E-state index contributed by atoms with van der Waals surface area (Å²) in [5.41, 5.74) is 0.542. The molecule has 0 saturated carbocycles. The monoisotopic (exact) mass is 388 g/mol. The van der Waals surface area contributed by atoms with Crippen molar-refractivity contribution in [3.63, 3.8) is 0 Å². The van der Waals surface area contributed by atoms with E-state index in [2.05, 4.69) is 26.1 Å². The number of hydrogen-bond acceptors (Lipinski definition) is 4. The standard InChI is InChI=1S/C22H32N2O4/c1-22(2,3)11-8-20(25)24-12-9-16(10-13-24)15-23-21(26)17-6-7-18(27-4)19(14-17)28-5/h6-8,11,14,16H,9-10,12-13,15H2,1-5H3,(H,23,26)/b11-8+. The van der Waals surface area contributed by atoms with Gasteiger partial charge >= 0.3 is 0 Å². The molecule has 0 spiro atoms. The predicted molar refractivity (Wildman–Crippen MR) is 110 cm³/mol. The van der Waals surface area contributed by atoms with Gasteiger partial charge in [0.05, 0.1) is 14.2 Å². The molecule has 28 heavy (non-hydrogen) atoms. The summed E-state index contributed by atoms with van der Waals surface area (Å²) in [7, 11) is 3.11. The molecule has 2 amide bonds. The van der Waals surface area contributed by atoms with Crippen molar-refractivity contribution >= 4 is 11.8 Å². The highest BCUT2D eigenvalue weighted by molar-refractivity contribution is 5.94. The van der Waals surface area contributed by atoms with Gasteiger partial charge in [-0.1, -0.05) is 26.8 Å². The molecule has 1 N–H and O–H groups in total. The van der Waals surface area contributed by atoms with Crippen molar-refractivity contribution in [2.75, 3.05) is 33.9 Å². The molecule has 6 heteroatoms. The molecule has 0 aromatic heterocycles. The Bertz CT molecular complexity index is 714. The van der Waals surface area contributed by atoms with Crippen LogP contribution < -0.4 is 14.8 Å². The number of piperidine rings is 1. The zero-order chi connectivity index (χ0) is 20.7. The Labute approximate surface area is 167 Å². The number of carbonyl (C=O) groups is 2. The van der Waals surface area contributed by atoms with Crippen LogP contribution in [0.1, 0.15) is 44.0 Å². The Morgan fingerprint density at radius 2 is 1.79 bits per heavy atom. The molecule has 0 unspecified atom stereocenters. The smallest absolute Gasteiger partial charge is 0.251 e. The first-order valence-corrected chi connectivity index (χ1v) is 9.72. The second-order valence-electron chi connectivity index (χ2n) is 8.25. The second kappa shape index (κ2) is 9.62. The fraction of sp³-hybridized carbons (Fsp3) is 0.545. The minimum absolute atomic E-state index is 0.00238. The molecule has 6 nitrogen and oxygen atoms in total. The lowest BCUT2D eigenvalue weighted by molar-refractivity contribution is -0.127. The van der Waals surface area contributed by atoms with Crippen LogP contribution in [0.4, 0.5) is 0 Å². The van der Waals surface area contributed by atoms with Crippen molar-refractivity contribution in [3.05, 3.63) is 35.9 Å². The van der Waals surface area contributed by atoms with Crippen LogP contribution in [0.15, 0.2) is 30.4 Å². The van der Waals surface area contributed by atoms with E-state index in [0.717, 1.165) is 25.9 Å². The van der Waals surface area contributed by atoms with Crippen LogP contribution in [0, 0.1) is 11.3 Å². The summed E-state index contributed by atoms with van der Waals surface area (Å²) < 4.78 is 10.4. The number of allylic oxidation sites excluding steroid dienone is 1. The van der Waals surface area contributed by atoms with Crippen LogP contribution >= 0.6 is 0 Å². The number of carbonyl (C=O) groups excluding carboxylic acids is 2. The van der Waals surface area contributed by atoms with E-state index >= 15 is 0 Å². The van der Waals surface area contributed by atoms with Crippen LogP contribution in [0.25, 0.3) is 0 Å². The summed E-state index contributed by atoms with van der Waals surface area (Å²) in [5.74, 6) is 1.44. The van der Waals surface area contributed by atoms with Crippen LogP contribution in [-0.4, -0.2) is 50.6 Å². The SMILES string of the molecule is COc1ccc(C(=O)NCC2CCN(C(=O)/C=C/C(C)(C)C)CC2)cc1OC. The number of ether oxygens (including phenoxy) is 2. The summed E-state index contributed by atoms with van der Waals surface area (Å²) in [6.45, 7) is 8.28. The lowest BCUT2D eigenvalue weighted by Gasteiger charge is -2.31. The molecule has 2 rings (SSSR count). The largest absolute Gasteiger partial charge is 0.493 e. The second-order valence-corrected chi connectivity index (χ2v) is 8.25. The summed E-state index contributed by atoms with van der Waals surface area (Å²) in [4.78, 5) is 26.6. The fourth-order valence-electron chi connectivity index (χ4n) is 3.10. The summed E-state index contributed by atoms with van der Waals surface area (Å²) in [6.07, 6.45) is 5.41. The molecule has 1 aliphatic heterocycles. The summed E-state index contributed by atoms with van der Waals surface area (Å²) in [6, 6.07) is 5.12. The number of methoxy groups -OCH3 is 2. The van der Waals surface area contributed by atoms with Gasteiger partial charge in [0.15, 0.2) is 11.5 Å². The quantitative estimate of drug-likeness (QED) is 0.760. The van der Waals surface area contributed by atoms with Gasteiger partial charge in [-0.05, 0) is 48.4 Å². The molecule has 1 fully saturated rings. The van der Waals surface area contributed by atoms with Crippen molar-refractivity contribution in [2.45, 2.75) is 33.6 Å². The van der Waals surface area contributed by atoms with Crippen molar-refractivity contribution in [3.8, 4) is 11.5 Å². The zero-order valence-corrected chi connectivity index (χ0v) is 17.6. The van der Waals surface area contributed by atoms with E-state index in [0.29, 0.717) is 29.5 Å².